The van der Waals surface area contributed by atoms with Gasteiger partial charge in [0.15, 0.2) is 5.82 Å². The summed E-state index contributed by atoms with van der Waals surface area (Å²) in [5, 5.41) is 12.2. The molecule has 4 aromatic rings. The Bertz CT molecular complexity index is 1280. The summed E-state index contributed by atoms with van der Waals surface area (Å²) < 4.78 is 8.96. The predicted octanol–water partition coefficient (Wildman–Crippen LogP) is 3.26. The third-order valence-corrected chi connectivity index (χ3v) is 5.29. The molecule has 0 unspecified atom stereocenters. The number of amides is 1. The number of anilines is 2. The van der Waals surface area contributed by atoms with E-state index in [9.17, 15) is 4.79 Å². The molecule has 0 atom stereocenters. The van der Waals surface area contributed by atoms with E-state index in [1.54, 1.807) is 48.3 Å². The first kappa shape index (κ1) is 21.7. The van der Waals surface area contributed by atoms with Crippen LogP contribution in [0, 0.1) is 0 Å². The fourth-order valence-corrected chi connectivity index (χ4v) is 3.70. The molecule has 0 aliphatic heterocycles. The average Bonchev–Trinajstić information content (AvgIpc) is 3.31. The van der Waals surface area contributed by atoms with Gasteiger partial charge in [-0.15, -0.1) is 5.10 Å². The van der Waals surface area contributed by atoms with Crippen molar-refractivity contribution in [3.8, 4) is 17.0 Å². The van der Waals surface area contributed by atoms with E-state index in [-0.39, 0.29) is 11.7 Å². The van der Waals surface area contributed by atoms with Crippen molar-refractivity contribution in [1.82, 2.24) is 24.3 Å². The van der Waals surface area contributed by atoms with Crippen LogP contribution in [0.25, 0.3) is 16.8 Å². The minimum Gasteiger partial charge on any atom is -0.496 e. The number of nitrogens with zero attached hydrogens (tertiary/aromatic N) is 5. The molecule has 0 spiro atoms. The van der Waals surface area contributed by atoms with Gasteiger partial charge < -0.3 is 20.7 Å². The van der Waals surface area contributed by atoms with Gasteiger partial charge in [-0.3, -0.25) is 9.48 Å². The van der Waals surface area contributed by atoms with Crippen molar-refractivity contribution in [1.29, 1.82) is 0 Å². The number of carbonyl (C=O) groups is 1. The summed E-state index contributed by atoms with van der Waals surface area (Å²) in [6.45, 7) is 1.36. The molecule has 0 saturated heterocycles. The average molecular weight is 454 g/mol. The first-order chi connectivity index (χ1) is 15.4. The van der Waals surface area contributed by atoms with Crippen LogP contribution in [-0.2, 0) is 6.54 Å². The second-order valence-electron chi connectivity index (χ2n) is 7.52. The van der Waals surface area contributed by atoms with Gasteiger partial charge >= 0.3 is 0 Å². The number of fused-ring (bicyclic) bond motifs is 1. The molecular formula is C22H24ClN7O2. The summed E-state index contributed by atoms with van der Waals surface area (Å²) in [6.07, 6.45) is 3.36. The minimum absolute atomic E-state index is 0.149. The number of nitrogen functional groups attached to an aromatic ring is 1. The first-order valence-corrected chi connectivity index (χ1v) is 10.4. The highest BCUT2D eigenvalue weighted by Gasteiger charge is 2.23. The Morgan fingerprint density at radius 3 is 2.84 bits per heavy atom. The van der Waals surface area contributed by atoms with Crippen LogP contribution >= 0.6 is 11.6 Å². The van der Waals surface area contributed by atoms with Crippen molar-refractivity contribution in [3.63, 3.8) is 0 Å². The molecule has 4 rings (SSSR count). The van der Waals surface area contributed by atoms with Crippen LogP contribution in [0.2, 0.25) is 5.02 Å². The molecule has 0 bridgehead atoms. The molecular weight excluding hydrogens is 430 g/mol. The number of ether oxygens (including phenoxy) is 1. The molecule has 0 aliphatic carbocycles. The number of hydrogen-bond acceptors (Lipinski definition) is 6. The van der Waals surface area contributed by atoms with Gasteiger partial charge in [0.05, 0.1) is 36.7 Å². The topological polar surface area (TPSA) is 103 Å². The molecule has 0 radical (unpaired) electrons. The van der Waals surface area contributed by atoms with Gasteiger partial charge in [-0.1, -0.05) is 17.7 Å². The quantitative estimate of drug-likeness (QED) is 0.445. The maximum absolute atomic E-state index is 13.2. The second-order valence-corrected chi connectivity index (χ2v) is 7.96. The molecule has 0 aliphatic rings. The molecule has 0 fully saturated rings. The third kappa shape index (κ3) is 4.12. The maximum atomic E-state index is 13.2. The number of nitrogens with one attached hydrogen (secondary N) is 1. The number of likely N-dealkylation sites (N-methyl/N-ethyl adjacent to an activating group) is 1. The number of methoxy groups -OCH3 is 1. The Morgan fingerprint density at radius 1 is 1.28 bits per heavy atom. The number of hydrogen-bond donors (Lipinski definition) is 2. The third-order valence-electron chi connectivity index (χ3n) is 5.06. The molecule has 3 aromatic heterocycles. The van der Waals surface area contributed by atoms with E-state index < -0.39 is 0 Å². The van der Waals surface area contributed by atoms with Crippen molar-refractivity contribution >= 4 is 34.5 Å². The van der Waals surface area contributed by atoms with Crippen molar-refractivity contribution in [3.05, 3.63) is 59.4 Å². The summed E-state index contributed by atoms with van der Waals surface area (Å²) >= 11 is 6.29. The zero-order valence-corrected chi connectivity index (χ0v) is 18.8. The smallest absolute Gasteiger partial charge is 0.261 e. The summed E-state index contributed by atoms with van der Waals surface area (Å²) in [5.74, 6) is 0.390. The van der Waals surface area contributed by atoms with E-state index in [0.717, 1.165) is 12.1 Å². The summed E-state index contributed by atoms with van der Waals surface area (Å²) in [6, 6.07) is 10.8. The van der Waals surface area contributed by atoms with Gasteiger partial charge in [-0.05, 0) is 44.4 Å². The van der Waals surface area contributed by atoms with Crippen molar-refractivity contribution < 1.29 is 9.53 Å². The van der Waals surface area contributed by atoms with Gasteiger partial charge in [-0.2, -0.15) is 5.10 Å². The monoisotopic (exact) mass is 453 g/mol. The van der Waals surface area contributed by atoms with Gasteiger partial charge in [0, 0.05) is 23.3 Å². The number of aromatic nitrogens is 4. The molecule has 32 heavy (non-hydrogen) atoms. The minimum atomic E-state index is -0.377. The van der Waals surface area contributed by atoms with Gasteiger partial charge in [0.2, 0.25) is 0 Å². The van der Waals surface area contributed by atoms with Crippen molar-refractivity contribution in [2.75, 3.05) is 38.8 Å². The lowest BCUT2D eigenvalue weighted by Gasteiger charge is -2.16. The molecule has 166 valence electrons. The highest BCUT2D eigenvalue weighted by molar-refractivity contribution is 6.31. The molecule has 1 amide bonds. The Morgan fingerprint density at radius 2 is 2.09 bits per heavy atom. The highest BCUT2D eigenvalue weighted by Crippen LogP contribution is 2.37. The summed E-state index contributed by atoms with van der Waals surface area (Å²) in [7, 11) is 5.56. The molecule has 0 saturated carbocycles. The largest absolute Gasteiger partial charge is 0.496 e. The normalized spacial score (nSPS) is 11.3. The fraction of sp³-hybridized carbons (Fsp3) is 0.227. The van der Waals surface area contributed by atoms with Crippen molar-refractivity contribution in [2.24, 2.45) is 0 Å². The molecule has 9 nitrogen and oxygen atoms in total. The number of rotatable bonds is 7. The fourth-order valence-electron chi connectivity index (χ4n) is 3.52. The first-order valence-electron chi connectivity index (χ1n) is 9.97. The van der Waals surface area contributed by atoms with E-state index in [4.69, 9.17) is 22.1 Å². The number of carbonyl (C=O) groups excluding carboxylic acids is 1. The van der Waals surface area contributed by atoms with Gasteiger partial charge in [-0.25, -0.2) is 4.52 Å². The second kappa shape index (κ2) is 8.89. The Labute approximate surface area is 190 Å². The molecule has 3 N–H and O–H groups in total. The summed E-state index contributed by atoms with van der Waals surface area (Å²) in [5.41, 5.74) is 8.90. The summed E-state index contributed by atoms with van der Waals surface area (Å²) in [4.78, 5) is 15.3. The van der Waals surface area contributed by atoms with Crippen LogP contribution in [0.3, 0.4) is 0 Å². The zero-order chi connectivity index (χ0) is 22.8. The van der Waals surface area contributed by atoms with Crippen LogP contribution < -0.4 is 15.8 Å². The Hall–Kier alpha value is -3.56. The van der Waals surface area contributed by atoms with Crippen LogP contribution in [0.15, 0.2) is 48.8 Å². The van der Waals surface area contributed by atoms with Gasteiger partial charge in [0.1, 0.15) is 11.3 Å². The lowest BCUT2D eigenvalue weighted by atomic mass is 10.1. The molecule has 3 heterocycles. The SMILES string of the molecule is COc1ccc(Cl)cc1-c1c(NC(=O)c2c(N)nn3ccccc23)cnn1CCN(C)C. The van der Waals surface area contributed by atoms with Crippen LogP contribution in [0.5, 0.6) is 5.75 Å². The van der Waals surface area contributed by atoms with E-state index in [1.165, 1.54) is 0 Å². The van der Waals surface area contributed by atoms with E-state index >= 15 is 0 Å². The van der Waals surface area contributed by atoms with E-state index in [2.05, 4.69) is 20.4 Å². The Kier molecular flexibility index (Phi) is 6.02. The lowest BCUT2D eigenvalue weighted by Crippen LogP contribution is -2.20. The van der Waals surface area contributed by atoms with Crippen LogP contribution in [0.4, 0.5) is 11.5 Å². The Balaban J connectivity index is 1.78. The van der Waals surface area contributed by atoms with Crippen molar-refractivity contribution in [2.45, 2.75) is 6.54 Å². The number of halogens is 1. The maximum Gasteiger partial charge on any atom is 0.261 e. The van der Waals surface area contributed by atoms with Crippen LogP contribution in [0.1, 0.15) is 10.4 Å². The van der Waals surface area contributed by atoms with Crippen LogP contribution in [-0.4, -0.2) is 58.0 Å². The number of pyridine rings is 1. The van der Waals surface area contributed by atoms with Gasteiger partial charge in [0.25, 0.3) is 5.91 Å². The number of benzene rings is 1. The standard InChI is InChI=1S/C22H24ClN7O2/c1-28(2)10-11-30-20(15-12-14(23)7-8-18(15)32-3)16(13-25-30)26-22(31)19-17-6-4-5-9-29(17)27-21(19)24/h4-9,12-13H,10-11H2,1-3H3,(H2,24,27)(H,26,31). The highest BCUT2D eigenvalue weighted by atomic mass is 35.5. The van der Waals surface area contributed by atoms with E-state index in [0.29, 0.717) is 39.8 Å². The predicted molar refractivity (Wildman–Crippen MR) is 125 cm³/mol. The van der Waals surface area contributed by atoms with E-state index in [1.807, 2.05) is 30.9 Å². The molecule has 1 aromatic carbocycles. The lowest BCUT2D eigenvalue weighted by molar-refractivity contribution is 0.102. The number of nitrogens with two attached hydrogens (primary N) is 1. The zero-order valence-electron chi connectivity index (χ0n) is 18.0. The molecule has 10 heteroatoms.